The van der Waals surface area contributed by atoms with Crippen molar-refractivity contribution in [2.45, 2.75) is 39.5 Å². The van der Waals surface area contributed by atoms with E-state index in [1.807, 2.05) is 19.1 Å². The molecule has 1 rings (SSSR count). The van der Waals surface area contributed by atoms with Gasteiger partial charge in [0.1, 0.15) is 0 Å². The molecule has 1 atom stereocenters. The lowest BCUT2D eigenvalue weighted by Crippen LogP contribution is -2.39. The van der Waals surface area contributed by atoms with E-state index in [0.29, 0.717) is 18.9 Å². The SMILES string of the molecule is CC(C)Cc1ccc(C(C)C(=O)NCC(=O)NCCCO)cc1. The molecule has 0 aliphatic rings. The van der Waals surface area contributed by atoms with Gasteiger partial charge in [0.25, 0.3) is 0 Å². The molecule has 5 heteroatoms. The average Bonchev–Trinajstić information content (AvgIpc) is 2.52. The van der Waals surface area contributed by atoms with Gasteiger partial charge in [-0.1, -0.05) is 38.1 Å². The first-order valence-corrected chi connectivity index (χ1v) is 8.18. The number of hydrogen-bond donors (Lipinski definition) is 3. The fourth-order valence-corrected chi connectivity index (χ4v) is 2.26. The zero-order valence-electron chi connectivity index (χ0n) is 14.3. The number of aliphatic hydroxyl groups is 1. The molecule has 0 aliphatic carbocycles. The molecule has 23 heavy (non-hydrogen) atoms. The lowest BCUT2D eigenvalue weighted by molar-refractivity contribution is -0.126. The summed E-state index contributed by atoms with van der Waals surface area (Å²) in [6.07, 6.45) is 1.54. The fraction of sp³-hybridized carbons (Fsp3) is 0.556. The van der Waals surface area contributed by atoms with Gasteiger partial charge in [-0.15, -0.1) is 0 Å². The molecule has 5 nitrogen and oxygen atoms in total. The van der Waals surface area contributed by atoms with Crippen molar-refractivity contribution in [1.29, 1.82) is 0 Å². The van der Waals surface area contributed by atoms with E-state index in [0.717, 1.165) is 12.0 Å². The lowest BCUT2D eigenvalue weighted by Gasteiger charge is -2.13. The molecule has 0 saturated heterocycles. The Bertz CT molecular complexity index is 497. The Morgan fingerprint density at radius 2 is 1.74 bits per heavy atom. The highest BCUT2D eigenvalue weighted by Crippen LogP contribution is 2.17. The average molecular weight is 320 g/mol. The van der Waals surface area contributed by atoms with Crippen LogP contribution in [0.15, 0.2) is 24.3 Å². The third-order valence-electron chi connectivity index (χ3n) is 3.60. The van der Waals surface area contributed by atoms with Crippen LogP contribution in [-0.2, 0) is 16.0 Å². The van der Waals surface area contributed by atoms with Crippen molar-refractivity contribution >= 4 is 11.8 Å². The second-order valence-corrected chi connectivity index (χ2v) is 6.21. The monoisotopic (exact) mass is 320 g/mol. The van der Waals surface area contributed by atoms with Crippen LogP contribution in [0.5, 0.6) is 0 Å². The van der Waals surface area contributed by atoms with Crippen molar-refractivity contribution in [3.8, 4) is 0 Å². The number of nitrogens with one attached hydrogen (secondary N) is 2. The summed E-state index contributed by atoms with van der Waals surface area (Å²) < 4.78 is 0. The molecule has 0 radical (unpaired) electrons. The Morgan fingerprint density at radius 3 is 2.30 bits per heavy atom. The van der Waals surface area contributed by atoms with Gasteiger partial charge < -0.3 is 15.7 Å². The number of rotatable bonds is 9. The molecule has 0 bridgehead atoms. The Balaban J connectivity index is 2.45. The first kappa shape index (κ1) is 19.2. The number of aliphatic hydroxyl groups excluding tert-OH is 1. The van der Waals surface area contributed by atoms with Crippen LogP contribution < -0.4 is 10.6 Å². The number of amides is 2. The molecule has 128 valence electrons. The van der Waals surface area contributed by atoms with Crippen molar-refractivity contribution in [1.82, 2.24) is 10.6 Å². The summed E-state index contributed by atoms with van der Waals surface area (Å²) in [5.74, 6) is -0.107. The third kappa shape index (κ3) is 7.28. The van der Waals surface area contributed by atoms with Gasteiger partial charge >= 0.3 is 0 Å². The summed E-state index contributed by atoms with van der Waals surface area (Å²) in [7, 11) is 0. The minimum atomic E-state index is -0.298. The van der Waals surface area contributed by atoms with Gasteiger partial charge in [0.05, 0.1) is 12.5 Å². The maximum Gasteiger partial charge on any atom is 0.239 e. The summed E-state index contributed by atoms with van der Waals surface area (Å²) in [5.41, 5.74) is 2.20. The van der Waals surface area contributed by atoms with Crippen LogP contribution in [0.2, 0.25) is 0 Å². The molecule has 1 aromatic rings. The topological polar surface area (TPSA) is 78.4 Å². The minimum Gasteiger partial charge on any atom is -0.396 e. The Hall–Kier alpha value is -1.88. The van der Waals surface area contributed by atoms with Crippen LogP contribution in [-0.4, -0.2) is 36.6 Å². The van der Waals surface area contributed by atoms with E-state index in [9.17, 15) is 9.59 Å². The van der Waals surface area contributed by atoms with Crippen molar-refractivity contribution in [2.24, 2.45) is 5.92 Å². The number of carbonyl (C=O) groups excluding carboxylic acids is 2. The quantitative estimate of drug-likeness (QED) is 0.605. The summed E-state index contributed by atoms with van der Waals surface area (Å²) in [5, 5.41) is 13.9. The third-order valence-corrected chi connectivity index (χ3v) is 3.60. The zero-order chi connectivity index (χ0) is 17.2. The first-order valence-electron chi connectivity index (χ1n) is 8.18. The molecule has 1 aromatic carbocycles. The summed E-state index contributed by atoms with van der Waals surface area (Å²) in [6.45, 7) is 6.59. The zero-order valence-corrected chi connectivity index (χ0v) is 14.3. The Morgan fingerprint density at radius 1 is 1.09 bits per heavy atom. The van der Waals surface area contributed by atoms with Crippen molar-refractivity contribution < 1.29 is 14.7 Å². The molecular formula is C18H28N2O3. The van der Waals surface area contributed by atoms with Crippen LogP contribution in [0.4, 0.5) is 0 Å². The first-order chi connectivity index (χ1) is 10.9. The predicted octanol–water partition coefficient (Wildman–Crippen LogP) is 1.60. The largest absolute Gasteiger partial charge is 0.396 e. The molecule has 0 aromatic heterocycles. The molecule has 1 unspecified atom stereocenters. The molecule has 0 spiro atoms. The van der Waals surface area contributed by atoms with E-state index in [1.165, 1.54) is 5.56 Å². The number of carbonyl (C=O) groups is 2. The van der Waals surface area contributed by atoms with Crippen LogP contribution in [0.1, 0.15) is 44.2 Å². The van der Waals surface area contributed by atoms with E-state index in [1.54, 1.807) is 0 Å². The molecule has 0 heterocycles. The van der Waals surface area contributed by atoms with Gasteiger partial charge in [0.15, 0.2) is 0 Å². The second kappa shape index (κ2) is 10.0. The van der Waals surface area contributed by atoms with E-state index in [4.69, 9.17) is 5.11 Å². The predicted molar refractivity (Wildman–Crippen MR) is 91.1 cm³/mol. The van der Waals surface area contributed by atoms with Gasteiger partial charge in [0, 0.05) is 13.2 Å². The van der Waals surface area contributed by atoms with E-state index in [-0.39, 0.29) is 30.9 Å². The Kier molecular flexibility index (Phi) is 8.33. The molecule has 3 N–H and O–H groups in total. The highest BCUT2D eigenvalue weighted by atomic mass is 16.3. The van der Waals surface area contributed by atoms with Gasteiger partial charge in [-0.25, -0.2) is 0 Å². The van der Waals surface area contributed by atoms with Gasteiger partial charge in [-0.3, -0.25) is 9.59 Å². The number of hydrogen-bond acceptors (Lipinski definition) is 3. The molecule has 0 saturated carbocycles. The molecule has 0 aliphatic heterocycles. The highest BCUT2D eigenvalue weighted by molar-refractivity contribution is 5.88. The second-order valence-electron chi connectivity index (χ2n) is 6.21. The highest BCUT2D eigenvalue weighted by Gasteiger charge is 2.15. The standard InChI is InChI=1S/C18H28N2O3/c1-13(2)11-15-5-7-16(8-6-15)14(3)18(23)20-12-17(22)19-9-4-10-21/h5-8,13-14,21H,4,9-12H2,1-3H3,(H,19,22)(H,20,23). The molecular weight excluding hydrogens is 292 g/mol. The molecule has 0 fully saturated rings. The molecule has 2 amide bonds. The summed E-state index contributed by atoms with van der Waals surface area (Å²) >= 11 is 0. The van der Waals surface area contributed by atoms with Gasteiger partial charge in [-0.05, 0) is 36.8 Å². The van der Waals surface area contributed by atoms with Gasteiger partial charge in [-0.2, -0.15) is 0 Å². The van der Waals surface area contributed by atoms with E-state index < -0.39 is 0 Å². The maximum atomic E-state index is 12.1. The summed E-state index contributed by atoms with van der Waals surface area (Å²) in [4.78, 5) is 23.6. The fourth-order valence-electron chi connectivity index (χ4n) is 2.26. The maximum absolute atomic E-state index is 12.1. The van der Waals surface area contributed by atoms with Crippen LogP contribution in [0.25, 0.3) is 0 Å². The van der Waals surface area contributed by atoms with Crippen LogP contribution >= 0.6 is 0 Å². The van der Waals surface area contributed by atoms with E-state index >= 15 is 0 Å². The lowest BCUT2D eigenvalue weighted by atomic mass is 9.96. The van der Waals surface area contributed by atoms with Crippen molar-refractivity contribution in [2.75, 3.05) is 19.7 Å². The van der Waals surface area contributed by atoms with Crippen molar-refractivity contribution in [3.63, 3.8) is 0 Å². The van der Waals surface area contributed by atoms with Crippen molar-refractivity contribution in [3.05, 3.63) is 35.4 Å². The van der Waals surface area contributed by atoms with Gasteiger partial charge in [0.2, 0.25) is 11.8 Å². The van der Waals surface area contributed by atoms with E-state index in [2.05, 4.69) is 36.6 Å². The Labute approximate surface area is 138 Å². The number of benzene rings is 1. The minimum absolute atomic E-state index is 0.0382. The van der Waals surface area contributed by atoms with Crippen LogP contribution in [0, 0.1) is 5.92 Å². The summed E-state index contributed by atoms with van der Waals surface area (Å²) in [6, 6.07) is 8.06. The van der Waals surface area contributed by atoms with Crippen LogP contribution in [0.3, 0.4) is 0 Å². The smallest absolute Gasteiger partial charge is 0.239 e. The normalized spacial score (nSPS) is 12.0.